The van der Waals surface area contributed by atoms with Gasteiger partial charge in [0.25, 0.3) is 5.56 Å². The summed E-state index contributed by atoms with van der Waals surface area (Å²) in [5, 5.41) is 0. The van der Waals surface area contributed by atoms with Gasteiger partial charge < -0.3 is 15.0 Å². The summed E-state index contributed by atoms with van der Waals surface area (Å²) < 4.78 is 8.03. The van der Waals surface area contributed by atoms with Gasteiger partial charge in [0.2, 0.25) is 5.91 Å². The maximum atomic E-state index is 11.9. The maximum Gasteiger partial charge on any atom is 0.337 e. The molecule has 0 fully saturated rings. The van der Waals surface area contributed by atoms with Gasteiger partial charge in [0.1, 0.15) is 6.54 Å². The van der Waals surface area contributed by atoms with Gasteiger partial charge in [0.15, 0.2) is 11.2 Å². The Morgan fingerprint density at radius 2 is 1.74 bits per heavy atom. The molecule has 142 valence electrons. The molecule has 0 radical (unpaired) electrons. The van der Waals surface area contributed by atoms with Crippen LogP contribution < -0.4 is 17.0 Å². The van der Waals surface area contributed by atoms with Crippen LogP contribution in [0.1, 0.15) is 10.4 Å². The molecule has 0 aliphatic heterocycles. The standard InChI is InChI=1S/C9H11N5O3.C8H8O2/c1-12-7-6(8(16)13(2)9(12)17)14(4-11-7)3-5(10)15;1-10-8(9)7-5-3-2-4-6-7/h4H,3H2,1-2H3,(H2,10,15);2-6H,1H3. The fourth-order valence-corrected chi connectivity index (χ4v) is 2.38. The molecular weight excluding hydrogens is 354 g/mol. The van der Waals surface area contributed by atoms with E-state index in [0.29, 0.717) is 5.56 Å². The van der Waals surface area contributed by atoms with Gasteiger partial charge in [-0.15, -0.1) is 0 Å². The van der Waals surface area contributed by atoms with Crippen LogP contribution in [-0.2, 0) is 30.2 Å². The lowest BCUT2D eigenvalue weighted by Crippen LogP contribution is -2.37. The first kappa shape index (κ1) is 19.6. The number of fused-ring (bicyclic) bond motifs is 1. The van der Waals surface area contributed by atoms with Gasteiger partial charge in [-0.2, -0.15) is 0 Å². The second-order valence-electron chi connectivity index (χ2n) is 5.57. The molecule has 2 aromatic heterocycles. The van der Waals surface area contributed by atoms with Crippen molar-refractivity contribution in [2.75, 3.05) is 7.11 Å². The normalized spacial score (nSPS) is 10.2. The van der Waals surface area contributed by atoms with Gasteiger partial charge in [-0.3, -0.25) is 18.7 Å². The summed E-state index contributed by atoms with van der Waals surface area (Å²) in [6.45, 7) is -0.149. The summed E-state index contributed by atoms with van der Waals surface area (Å²) in [5.74, 6) is -0.874. The van der Waals surface area contributed by atoms with Crippen LogP contribution in [-0.4, -0.2) is 37.7 Å². The highest BCUT2D eigenvalue weighted by molar-refractivity contribution is 5.89. The van der Waals surface area contributed by atoms with E-state index in [1.807, 2.05) is 6.07 Å². The summed E-state index contributed by atoms with van der Waals surface area (Å²) in [6.07, 6.45) is 1.32. The molecule has 0 spiro atoms. The highest BCUT2D eigenvalue weighted by atomic mass is 16.5. The molecule has 0 unspecified atom stereocenters. The number of carbonyl (C=O) groups is 2. The predicted molar refractivity (Wildman–Crippen MR) is 97.2 cm³/mol. The van der Waals surface area contributed by atoms with Crippen molar-refractivity contribution in [3.05, 3.63) is 63.1 Å². The Bertz CT molecular complexity index is 1090. The molecule has 0 saturated heterocycles. The number of hydrogen-bond acceptors (Lipinski definition) is 6. The van der Waals surface area contributed by atoms with Gasteiger partial charge in [-0.1, -0.05) is 18.2 Å². The third-order valence-corrected chi connectivity index (χ3v) is 3.74. The molecule has 1 aromatic carbocycles. The van der Waals surface area contributed by atoms with Crippen LogP contribution in [0.4, 0.5) is 0 Å². The lowest BCUT2D eigenvalue weighted by Gasteiger charge is -2.04. The minimum Gasteiger partial charge on any atom is -0.465 e. The number of esters is 1. The van der Waals surface area contributed by atoms with E-state index < -0.39 is 17.2 Å². The molecule has 3 rings (SSSR count). The molecule has 0 aliphatic rings. The summed E-state index contributed by atoms with van der Waals surface area (Å²) in [4.78, 5) is 49.1. The second kappa shape index (κ2) is 8.13. The third kappa shape index (κ3) is 4.11. The van der Waals surface area contributed by atoms with Crippen molar-refractivity contribution in [2.24, 2.45) is 19.8 Å². The van der Waals surface area contributed by atoms with Gasteiger partial charge in [0.05, 0.1) is 19.0 Å². The highest BCUT2D eigenvalue weighted by Crippen LogP contribution is 2.04. The molecule has 10 nitrogen and oxygen atoms in total. The molecule has 3 aromatic rings. The smallest absolute Gasteiger partial charge is 0.337 e. The molecular formula is C17H19N5O5. The second-order valence-corrected chi connectivity index (χ2v) is 5.57. The Hall–Kier alpha value is -3.69. The number of amides is 1. The lowest BCUT2D eigenvalue weighted by molar-refractivity contribution is -0.118. The number of nitrogens with two attached hydrogens (primary N) is 1. The van der Waals surface area contributed by atoms with Crippen LogP contribution in [0.3, 0.4) is 0 Å². The number of aromatic nitrogens is 4. The zero-order chi connectivity index (χ0) is 20.1. The number of primary amides is 1. The zero-order valence-corrected chi connectivity index (χ0v) is 15.1. The van der Waals surface area contributed by atoms with Gasteiger partial charge in [-0.05, 0) is 12.1 Å². The first-order valence-corrected chi connectivity index (χ1v) is 7.80. The van der Waals surface area contributed by atoms with Gasteiger partial charge in [0, 0.05) is 14.1 Å². The van der Waals surface area contributed by atoms with Crippen molar-refractivity contribution in [3.8, 4) is 0 Å². The Morgan fingerprint density at radius 3 is 2.30 bits per heavy atom. The average molecular weight is 373 g/mol. The van der Waals surface area contributed by atoms with E-state index >= 15 is 0 Å². The van der Waals surface area contributed by atoms with Crippen molar-refractivity contribution >= 4 is 23.0 Å². The largest absolute Gasteiger partial charge is 0.465 e. The number of hydrogen-bond donors (Lipinski definition) is 1. The maximum absolute atomic E-state index is 11.9. The Morgan fingerprint density at radius 1 is 1.11 bits per heavy atom. The van der Waals surface area contributed by atoms with Gasteiger partial charge in [-0.25, -0.2) is 14.6 Å². The number of nitrogens with zero attached hydrogens (tertiary/aromatic N) is 4. The number of carbonyl (C=O) groups excluding carboxylic acids is 2. The molecule has 0 saturated carbocycles. The van der Waals surface area contributed by atoms with Crippen molar-refractivity contribution in [2.45, 2.75) is 6.54 Å². The van der Waals surface area contributed by atoms with Crippen LogP contribution in [0.25, 0.3) is 11.2 Å². The molecule has 10 heteroatoms. The van der Waals surface area contributed by atoms with Crippen molar-refractivity contribution in [1.82, 2.24) is 18.7 Å². The Balaban J connectivity index is 0.000000223. The number of rotatable bonds is 3. The highest BCUT2D eigenvalue weighted by Gasteiger charge is 2.14. The first-order valence-electron chi connectivity index (χ1n) is 7.80. The summed E-state index contributed by atoms with van der Waals surface area (Å²) in [6, 6.07) is 8.88. The van der Waals surface area contributed by atoms with Crippen LogP contribution in [0.2, 0.25) is 0 Å². The molecule has 0 aliphatic carbocycles. The topological polar surface area (TPSA) is 131 Å². The molecule has 27 heavy (non-hydrogen) atoms. The van der Waals surface area contributed by atoms with Crippen molar-refractivity contribution in [1.29, 1.82) is 0 Å². The number of aryl methyl sites for hydroxylation is 1. The van der Waals surface area contributed by atoms with E-state index in [9.17, 15) is 19.2 Å². The van der Waals surface area contributed by atoms with Crippen LogP contribution in [0, 0.1) is 0 Å². The van der Waals surface area contributed by atoms with Crippen molar-refractivity contribution in [3.63, 3.8) is 0 Å². The summed E-state index contributed by atoms with van der Waals surface area (Å²) in [7, 11) is 4.24. The van der Waals surface area contributed by atoms with Crippen LogP contribution in [0.5, 0.6) is 0 Å². The fraction of sp³-hybridized carbons (Fsp3) is 0.235. The number of ether oxygens (including phenoxy) is 1. The van der Waals surface area contributed by atoms with Crippen LogP contribution in [0.15, 0.2) is 46.2 Å². The van der Waals surface area contributed by atoms with Crippen LogP contribution >= 0.6 is 0 Å². The fourth-order valence-electron chi connectivity index (χ4n) is 2.38. The number of benzene rings is 1. The minimum absolute atomic E-state index is 0.149. The monoisotopic (exact) mass is 373 g/mol. The lowest BCUT2D eigenvalue weighted by atomic mass is 10.2. The Kier molecular flexibility index (Phi) is 5.91. The molecule has 1 amide bonds. The third-order valence-electron chi connectivity index (χ3n) is 3.74. The summed E-state index contributed by atoms with van der Waals surface area (Å²) in [5.41, 5.74) is 5.11. The first-order chi connectivity index (χ1) is 12.8. The van der Waals surface area contributed by atoms with E-state index in [1.165, 1.54) is 36.7 Å². The van der Waals surface area contributed by atoms with E-state index in [0.717, 1.165) is 4.57 Å². The predicted octanol–water partition coefficient (Wildman–Crippen LogP) is -0.608. The molecule has 0 bridgehead atoms. The molecule has 0 atom stereocenters. The van der Waals surface area contributed by atoms with E-state index in [-0.39, 0.29) is 23.7 Å². The average Bonchev–Trinajstić information content (AvgIpc) is 3.08. The van der Waals surface area contributed by atoms with Crippen molar-refractivity contribution < 1.29 is 14.3 Å². The van der Waals surface area contributed by atoms with Gasteiger partial charge >= 0.3 is 11.7 Å². The zero-order valence-electron chi connectivity index (χ0n) is 15.1. The minimum atomic E-state index is -0.583. The molecule has 2 heterocycles. The SMILES string of the molecule is COC(=O)c1ccccc1.Cn1c(=O)c2c(ncn2CC(N)=O)n(C)c1=O. The molecule has 2 N–H and O–H groups in total. The van der Waals surface area contributed by atoms with E-state index in [4.69, 9.17) is 5.73 Å². The number of methoxy groups -OCH3 is 1. The van der Waals surface area contributed by atoms with E-state index in [1.54, 1.807) is 24.3 Å². The van der Waals surface area contributed by atoms with E-state index in [2.05, 4.69) is 9.72 Å². The quantitative estimate of drug-likeness (QED) is 0.610. The number of imidazole rings is 1. The Labute approximate surface area is 153 Å². The summed E-state index contributed by atoms with van der Waals surface area (Å²) >= 11 is 0.